The maximum Gasteiger partial charge on any atom is 0.251 e. The summed E-state index contributed by atoms with van der Waals surface area (Å²) in [7, 11) is 1.99. The van der Waals surface area contributed by atoms with Crippen LogP contribution < -0.4 is 11.1 Å². The highest BCUT2D eigenvalue weighted by Gasteiger charge is 2.25. The quantitative estimate of drug-likeness (QED) is 0.794. The summed E-state index contributed by atoms with van der Waals surface area (Å²) < 4.78 is 26.4. The number of nitrogens with zero attached hydrogens (tertiary/aromatic N) is 1. The number of hydrogen-bond donors (Lipinski definition) is 2. The van der Waals surface area contributed by atoms with E-state index in [9.17, 15) is 13.6 Å². The molecule has 104 valence electrons. The van der Waals surface area contributed by atoms with Gasteiger partial charge in [0.2, 0.25) is 0 Å². The fraction of sp³-hybridized carbons (Fsp3) is 0.462. The van der Waals surface area contributed by atoms with E-state index in [4.69, 9.17) is 5.73 Å². The van der Waals surface area contributed by atoms with Crippen LogP contribution in [0.15, 0.2) is 12.1 Å². The topological polar surface area (TPSA) is 58.4 Å². The third-order valence-electron chi connectivity index (χ3n) is 3.26. The first-order chi connectivity index (χ1) is 8.99. The van der Waals surface area contributed by atoms with Crippen LogP contribution >= 0.6 is 0 Å². The molecule has 4 nitrogen and oxygen atoms in total. The van der Waals surface area contributed by atoms with Crippen molar-refractivity contribution in [1.29, 1.82) is 0 Å². The predicted molar refractivity (Wildman–Crippen MR) is 68.8 cm³/mol. The number of hydrogen-bond acceptors (Lipinski definition) is 3. The van der Waals surface area contributed by atoms with Crippen LogP contribution in [0.4, 0.5) is 14.5 Å². The molecule has 1 saturated carbocycles. The second-order valence-corrected chi connectivity index (χ2v) is 4.82. The summed E-state index contributed by atoms with van der Waals surface area (Å²) in [5.74, 6) is -2.33. The third kappa shape index (κ3) is 3.41. The first kappa shape index (κ1) is 13.7. The van der Waals surface area contributed by atoms with Gasteiger partial charge >= 0.3 is 0 Å². The van der Waals surface area contributed by atoms with Gasteiger partial charge in [-0.3, -0.25) is 4.79 Å². The Morgan fingerprint density at radius 2 is 2.00 bits per heavy atom. The van der Waals surface area contributed by atoms with E-state index in [1.54, 1.807) is 0 Å². The zero-order chi connectivity index (χ0) is 14.0. The smallest absolute Gasteiger partial charge is 0.251 e. The summed E-state index contributed by atoms with van der Waals surface area (Å²) in [6.45, 7) is 1.16. The van der Waals surface area contributed by atoms with Crippen molar-refractivity contribution < 1.29 is 13.6 Å². The highest BCUT2D eigenvalue weighted by molar-refractivity contribution is 5.94. The monoisotopic (exact) mass is 269 g/mol. The standard InChI is InChI=1S/C13H17F2N3O/c1-18(9-2-3-9)5-4-17-13(19)8-6-10(14)12(16)11(15)7-8/h6-7,9H,2-5,16H2,1H3,(H,17,19). The van der Waals surface area contributed by atoms with Crippen molar-refractivity contribution in [2.75, 3.05) is 25.9 Å². The zero-order valence-electron chi connectivity index (χ0n) is 10.7. The minimum atomic E-state index is -0.916. The van der Waals surface area contributed by atoms with Crippen LogP contribution in [-0.4, -0.2) is 37.0 Å². The minimum Gasteiger partial charge on any atom is -0.394 e. The molecule has 0 heterocycles. The summed E-state index contributed by atoms with van der Waals surface area (Å²) >= 11 is 0. The van der Waals surface area contributed by atoms with Crippen LogP contribution in [0.5, 0.6) is 0 Å². The Labute approximate surface area is 110 Å². The molecule has 0 aromatic heterocycles. The fourth-order valence-corrected chi connectivity index (χ4v) is 1.86. The molecule has 1 aromatic carbocycles. The Bertz CT molecular complexity index is 466. The molecule has 0 aliphatic heterocycles. The van der Waals surface area contributed by atoms with Crippen LogP contribution in [0.25, 0.3) is 0 Å². The number of amides is 1. The molecule has 0 atom stereocenters. The number of halogens is 2. The molecule has 0 spiro atoms. The van der Waals surface area contributed by atoms with Gasteiger partial charge in [-0.2, -0.15) is 0 Å². The van der Waals surface area contributed by atoms with Crippen LogP contribution in [0.1, 0.15) is 23.2 Å². The Morgan fingerprint density at radius 3 is 2.53 bits per heavy atom. The summed E-state index contributed by atoms with van der Waals surface area (Å²) in [5, 5.41) is 2.63. The number of carbonyl (C=O) groups excluding carboxylic acids is 1. The second kappa shape index (κ2) is 5.52. The van der Waals surface area contributed by atoms with Gasteiger partial charge in [0.25, 0.3) is 5.91 Å². The normalized spacial score (nSPS) is 14.7. The number of nitrogens with one attached hydrogen (secondary N) is 1. The molecular formula is C13H17F2N3O. The summed E-state index contributed by atoms with van der Waals surface area (Å²) in [6.07, 6.45) is 2.39. The lowest BCUT2D eigenvalue weighted by Gasteiger charge is -2.15. The van der Waals surface area contributed by atoms with E-state index in [0.29, 0.717) is 12.6 Å². The van der Waals surface area contributed by atoms with E-state index in [1.165, 1.54) is 12.8 Å². The second-order valence-electron chi connectivity index (χ2n) is 4.82. The summed E-state index contributed by atoms with van der Waals surface area (Å²) in [5.41, 5.74) is 4.52. The van der Waals surface area contributed by atoms with Gasteiger partial charge in [-0.05, 0) is 32.0 Å². The fourth-order valence-electron chi connectivity index (χ4n) is 1.86. The van der Waals surface area contributed by atoms with Crippen molar-refractivity contribution in [2.24, 2.45) is 0 Å². The van der Waals surface area contributed by atoms with Gasteiger partial charge in [0.15, 0.2) is 0 Å². The van der Waals surface area contributed by atoms with Crippen LogP contribution in [0, 0.1) is 11.6 Å². The molecule has 0 radical (unpaired) electrons. The Morgan fingerprint density at radius 1 is 1.42 bits per heavy atom. The van der Waals surface area contributed by atoms with Gasteiger partial charge in [-0.15, -0.1) is 0 Å². The number of benzene rings is 1. The van der Waals surface area contributed by atoms with Crippen molar-refractivity contribution in [3.63, 3.8) is 0 Å². The lowest BCUT2D eigenvalue weighted by atomic mass is 10.1. The number of anilines is 1. The Kier molecular flexibility index (Phi) is 3.99. The third-order valence-corrected chi connectivity index (χ3v) is 3.26. The molecule has 6 heteroatoms. The van der Waals surface area contributed by atoms with E-state index < -0.39 is 23.2 Å². The highest BCUT2D eigenvalue weighted by Crippen LogP contribution is 2.24. The zero-order valence-corrected chi connectivity index (χ0v) is 10.7. The van der Waals surface area contributed by atoms with Crippen molar-refractivity contribution in [3.05, 3.63) is 29.3 Å². The first-order valence-electron chi connectivity index (χ1n) is 6.22. The number of carbonyl (C=O) groups is 1. The van der Waals surface area contributed by atoms with Gasteiger partial charge < -0.3 is 16.0 Å². The maximum atomic E-state index is 13.2. The summed E-state index contributed by atoms with van der Waals surface area (Å²) in [6, 6.07) is 2.50. The molecule has 19 heavy (non-hydrogen) atoms. The molecule has 0 saturated heterocycles. The van der Waals surface area contributed by atoms with E-state index in [1.807, 2.05) is 7.05 Å². The van der Waals surface area contributed by atoms with Crippen LogP contribution in [0.3, 0.4) is 0 Å². The molecule has 1 amide bonds. The van der Waals surface area contributed by atoms with Crippen molar-refractivity contribution in [2.45, 2.75) is 18.9 Å². The Hall–Kier alpha value is -1.69. The largest absolute Gasteiger partial charge is 0.394 e. The number of rotatable bonds is 5. The Balaban J connectivity index is 1.88. The maximum absolute atomic E-state index is 13.2. The molecular weight excluding hydrogens is 252 g/mol. The van der Waals surface area contributed by atoms with Crippen molar-refractivity contribution >= 4 is 11.6 Å². The average molecular weight is 269 g/mol. The first-order valence-corrected chi connectivity index (χ1v) is 6.22. The van der Waals surface area contributed by atoms with Gasteiger partial charge in [-0.25, -0.2) is 8.78 Å². The van der Waals surface area contributed by atoms with Crippen molar-refractivity contribution in [3.8, 4) is 0 Å². The molecule has 0 unspecified atom stereocenters. The van der Waals surface area contributed by atoms with Gasteiger partial charge in [0.1, 0.15) is 17.3 Å². The number of nitrogens with two attached hydrogens (primary N) is 1. The van der Waals surface area contributed by atoms with Gasteiger partial charge in [0.05, 0.1) is 0 Å². The minimum absolute atomic E-state index is 0.0572. The SMILES string of the molecule is CN(CCNC(=O)c1cc(F)c(N)c(F)c1)C1CC1. The average Bonchev–Trinajstić information content (AvgIpc) is 3.19. The van der Waals surface area contributed by atoms with Gasteiger partial charge in [0, 0.05) is 24.7 Å². The molecule has 1 aliphatic carbocycles. The molecule has 1 aliphatic rings. The molecule has 1 aromatic rings. The number of nitrogen functional groups attached to an aromatic ring is 1. The van der Waals surface area contributed by atoms with E-state index in [2.05, 4.69) is 10.2 Å². The highest BCUT2D eigenvalue weighted by atomic mass is 19.1. The van der Waals surface area contributed by atoms with Crippen LogP contribution in [-0.2, 0) is 0 Å². The molecule has 3 N–H and O–H groups in total. The summed E-state index contributed by atoms with van der Waals surface area (Å²) in [4.78, 5) is 13.9. The lowest BCUT2D eigenvalue weighted by molar-refractivity contribution is 0.0948. The van der Waals surface area contributed by atoms with E-state index in [0.717, 1.165) is 18.7 Å². The van der Waals surface area contributed by atoms with E-state index >= 15 is 0 Å². The molecule has 0 bridgehead atoms. The van der Waals surface area contributed by atoms with E-state index in [-0.39, 0.29) is 5.56 Å². The van der Waals surface area contributed by atoms with Gasteiger partial charge in [-0.1, -0.05) is 0 Å². The van der Waals surface area contributed by atoms with Crippen molar-refractivity contribution in [1.82, 2.24) is 10.2 Å². The lowest BCUT2D eigenvalue weighted by Crippen LogP contribution is -2.34. The molecule has 2 rings (SSSR count). The molecule has 1 fully saturated rings. The number of likely N-dealkylation sites (N-methyl/N-ethyl adjacent to an activating group) is 1. The predicted octanol–water partition coefficient (Wildman–Crippen LogP) is 1.37. The van der Waals surface area contributed by atoms with Crippen LogP contribution in [0.2, 0.25) is 0 Å².